The molecule has 1 aliphatic heterocycles. The van der Waals surface area contributed by atoms with Crippen molar-refractivity contribution >= 4 is 5.78 Å². The normalized spacial score (nSPS) is 22.3. The zero-order chi connectivity index (χ0) is 17.9. The summed E-state index contributed by atoms with van der Waals surface area (Å²) in [4.78, 5) is 12.3. The Balaban J connectivity index is 2.34. The zero-order valence-corrected chi connectivity index (χ0v) is 16.5. The topological polar surface area (TPSA) is 40.5 Å². The second-order valence-corrected chi connectivity index (χ2v) is 9.78. The first-order valence-electron chi connectivity index (χ1n) is 9.15. The molecule has 1 fully saturated rings. The molecule has 0 amide bonds. The third kappa shape index (κ3) is 6.90. The molecule has 0 aromatic heterocycles. The van der Waals surface area contributed by atoms with Crippen molar-refractivity contribution in [2.45, 2.75) is 83.7 Å². The van der Waals surface area contributed by atoms with Crippen LogP contribution in [0.15, 0.2) is 0 Å². The number of carbonyl (C=O) groups is 1. The van der Waals surface area contributed by atoms with E-state index >= 15 is 0 Å². The lowest BCUT2D eigenvalue weighted by Crippen LogP contribution is -2.59. The lowest BCUT2D eigenvalue weighted by Gasteiger charge is -2.51. The van der Waals surface area contributed by atoms with Gasteiger partial charge < -0.3 is 9.69 Å². The Labute approximate surface area is 143 Å². The first kappa shape index (κ1) is 20.6. The highest BCUT2D eigenvalue weighted by atomic mass is 16.5. The molecule has 23 heavy (non-hydrogen) atoms. The largest absolute Gasteiger partial charge is 0.331 e. The number of ketones is 1. The van der Waals surface area contributed by atoms with E-state index in [1.165, 1.54) is 18.0 Å². The van der Waals surface area contributed by atoms with Crippen molar-refractivity contribution in [2.75, 3.05) is 27.7 Å². The zero-order valence-electron chi connectivity index (χ0n) is 16.5. The minimum Gasteiger partial charge on any atom is -0.331 e. The lowest BCUT2D eigenvalue weighted by atomic mass is 9.73. The van der Waals surface area contributed by atoms with Gasteiger partial charge in [-0.2, -0.15) is 5.06 Å². The van der Waals surface area contributed by atoms with E-state index < -0.39 is 0 Å². The van der Waals surface area contributed by atoms with Gasteiger partial charge in [-0.25, -0.2) is 0 Å². The molecule has 0 atom stereocenters. The molecule has 4 nitrogen and oxygen atoms in total. The summed E-state index contributed by atoms with van der Waals surface area (Å²) in [6.07, 6.45) is 6.53. The first-order valence-corrected chi connectivity index (χ1v) is 9.15. The number of nitrogens with zero attached hydrogens (tertiary/aromatic N) is 2. The number of hydroxylamine groups is 2. The summed E-state index contributed by atoms with van der Waals surface area (Å²) >= 11 is 0. The van der Waals surface area contributed by atoms with Crippen LogP contribution in [-0.2, 0) is 4.79 Å². The Morgan fingerprint density at radius 1 is 1.04 bits per heavy atom. The maximum Gasteiger partial charge on any atom is 0.133 e. The van der Waals surface area contributed by atoms with Crippen LogP contribution in [0, 0.1) is 5.92 Å². The fourth-order valence-electron chi connectivity index (χ4n) is 4.13. The number of Topliss-reactive ketones (excluding diaryl/α,β-unsaturated/α-hetero) is 1. The van der Waals surface area contributed by atoms with Crippen molar-refractivity contribution in [3.63, 3.8) is 0 Å². The van der Waals surface area contributed by atoms with Gasteiger partial charge in [-0.05, 0) is 65.7 Å². The van der Waals surface area contributed by atoms with E-state index in [2.05, 4.69) is 48.8 Å². The third-order valence-corrected chi connectivity index (χ3v) is 5.02. The summed E-state index contributed by atoms with van der Waals surface area (Å²) in [6.45, 7) is 9.43. The Hall–Kier alpha value is -0.450. The summed E-state index contributed by atoms with van der Waals surface area (Å²) in [6, 6.07) is 0. The predicted molar refractivity (Wildman–Crippen MR) is 95.5 cm³/mol. The highest BCUT2D eigenvalue weighted by Crippen LogP contribution is 2.41. The van der Waals surface area contributed by atoms with Gasteiger partial charge in [0.15, 0.2) is 0 Å². The van der Waals surface area contributed by atoms with Crippen LogP contribution in [0.5, 0.6) is 0 Å². The smallest absolute Gasteiger partial charge is 0.133 e. The van der Waals surface area contributed by atoms with Gasteiger partial charge >= 0.3 is 0 Å². The highest BCUT2D eigenvalue weighted by Gasteiger charge is 2.45. The van der Waals surface area contributed by atoms with Crippen LogP contribution in [0.2, 0.25) is 0 Å². The van der Waals surface area contributed by atoms with Crippen LogP contribution in [0.1, 0.15) is 72.6 Å². The Kier molecular flexibility index (Phi) is 6.83. The first-order chi connectivity index (χ1) is 10.3. The SMILES string of the molecule is CC1(C)CC(CC(=O)CCCCC[N+](C)(C)C)CC(C)(C)N1O. The summed E-state index contributed by atoms with van der Waals surface area (Å²) in [5, 5.41) is 11.8. The minimum absolute atomic E-state index is 0.253. The molecular formula is C19H39N2O2+. The standard InChI is InChI=1S/C19H39N2O2/c1-18(2)14-16(15-19(3,4)20(18)23)13-17(22)11-9-8-10-12-21(5,6)7/h16,23H,8-15H2,1-7H3/q+1. The van der Waals surface area contributed by atoms with Crippen LogP contribution in [-0.4, -0.2) is 59.3 Å². The quantitative estimate of drug-likeness (QED) is 0.543. The van der Waals surface area contributed by atoms with Crippen LogP contribution in [0.3, 0.4) is 0 Å². The summed E-state index contributed by atoms with van der Waals surface area (Å²) in [5.41, 5.74) is -0.505. The second-order valence-electron chi connectivity index (χ2n) is 9.78. The molecule has 136 valence electrons. The Morgan fingerprint density at radius 2 is 1.57 bits per heavy atom. The average molecular weight is 328 g/mol. The molecule has 0 unspecified atom stereocenters. The molecule has 4 heteroatoms. The molecule has 0 radical (unpaired) electrons. The molecule has 0 aliphatic carbocycles. The molecule has 0 saturated carbocycles. The van der Waals surface area contributed by atoms with E-state index in [4.69, 9.17) is 0 Å². The molecule has 0 spiro atoms. The number of hydrogen-bond donors (Lipinski definition) is 1. The lowest BCUT2D eigenvalue weighted by molar-refractivity contribution is -0.870. The summed E-state index contributed by atoms with van der Waals surface area (Å²) < 4.78 is 0.998. The number of hydrogen-bond acceptors (Lipinski definition) is 3. The van der Waals surface area contributed by atoms with Gasteiger partial charge in [0.05, 0.1) is 27.7 Å². The fraction of sp³-hybridized carbons (Fsp3) is 0.947. The minimum atomic E-state index is -0.253. The van der Waals surface area contributed by atoms with Crippen molar-refractivity contribution in [3.05, 3.63) is 0 Å². The number of piperidine rings is 1. The van der Waals surface area contributed by atoms with E-state index in [1.54, 1.807) is 0 Å². The highest BCUT2D eigenvalue weighted by molar-refractivity contribution is 5.78. The van der Waals surface area contributed by atoms with Gasteiger partial charge in [-0.15, -0.1) is 0 Å². The van der Waals surface area contributed by atoms with Crippen molar-refractivity contribution in [1.82, 2.24) is 5.06 Å². The molecular weight excluding hydrogens is 288 g/mol. The van der Waals surface area contributed by atoms with Crippen molar-refractivity contribution in [2.24, 2.45) is 5.92 Å². The van der Waals surface area contributed by atoms with Gasteiger partial charge in [-0.1, -0.05) is 0 Å². The second kappa shape index (κ2) is 7.62. The molecule has 1 N–H and O–H groups in total. The van der Waals surface area contributed by atoms with Gasteiger partial charge in [0.2, 0.25) is 0 Å². The average Bonchev–Trinajstić information content (AvgIpc) is 2.33. The number of rotatable bonds is 8. The van der Waals surface area contributed by atoms with Gasteiger partial charge in [0.25, 0.3) is 0 Å². The van der Waals surface area contributed by atoms with Crippen molar-refractivity contribution < 1.29 is 14.5 Å². The molecule has 1 rings (SSSR count). The Morgan fingerprint density at radius 3 is 2.04 bits per heavy atom. The summed E-state index contributed by atoms with van der Waals surface area (Å²) in [7, 11) is 6.63. The molecule has 1 saturated heterocycles. The monoisotopic (exact) mass is 327 g/mol. The van der Waals surface area contributed by atoms with Gasteiger partial charge in [0.1, 0.15) is 5.78 Å². The maximum absolute atomic E-state index is 12.3. The third-order valence-electron chi connectivity index (χ3n) is 5.02. The Bertz CT molecular complexity index is 379. The molecule has 1 aliphatic rings. The van der Waals surface area contributed by atoms with Crippen LogP contribution < -0.4 is 0 Å². The van der Waals surface area contributed by atoms with Crippen LogP contribution >= 0.6 is 0 Å². The van der Waals surface area contributed by atoms with E-state index in [0.717, 1.165) is 36.6 Å². The van der Waals surface area contributed by atoms with Crippen molar-refractivity contribution in [1.29, 1.82) is 0 Å². The molecule has 1 heterocycles. The predicted octanol–water partition coefficient (Wildman–Crippen LogP) is 3.87. The van der Waals surface area contributed by atoms with Crippen LogP contribution in [0.4, 0.5) is 0 Å². The van der Waals surface area contributed by atoms with Gasteiger partial charge in [-0.3, -0.25) is 4.79 Å². The number of carbonyl (C=O) groups excluding carboxylic acids is 1. The number of quaternary nitrogens is 1. The molecule has 0 aromatic carbocycles. The number of unbranched alkanes of at least 4 members (excludes halogenated alkanes) is 2. The van der Waals surface area contributed by atoms with E-state index in [-0.39, 0.29) is 11.1 Å². The van der Waals surface area contributed by atoms with E-state index in [9.17, 15) is 10.0 Å². The van der Waals surface area contributed by atoms with E-state index in [0.29, 0.717) is 18.1 Å². The van der Waals surface area contributed by atoms with Crippen LogP contribution in [0.25, 0.3) is 0 Å². The van der Waals surface area contributed by atoms with E-state index in [1.807, 2.05) is 0 Å². The summed E-state index contributed by atoms with van der Waals surface area (Å²) in [5.74, 6) is 0.792. The van der Waals surface area contributed by atoms with Crippen molar-refractivity contribution in [3.8, 4) is 0 Å². The fourth-order valence-corrected chi connectivity index (χ4v) is 4.13. The van der Waals surface area contributed by atoms with Gasteiger partial charge in [0, 0.05) is 23.9 Å². The maximum atomic E-state index is 12.3. The molecule has 0 aromatic rings. The molecule has 0 bridgehead atoms.